The lowest BCUT2D eigenvalue weighted by Gasteiger charge is -2.33. The Morgan fingerprint density at radius 2 is 1.86 bits per heavy atom. The van der Waals surface area contributed by atoms with E-state index in [2.05, 4.69) is 27.1 Å². The Hall–Kier alpha value is -1.93. The number of aromatic nitrogens is 2. The average Bonchev–Trinajstić information content (AvgIpc) is 3.08. The van der Waals surface area contributed by atoms with Crippen LogP contribution in [-0.2, 0) is 16.1 Å². The van der Waals surface area contributed by atoms with E-state index in [0.717, 1.165) is 63.7 Å². The minimum absolute atomic E-state index is 0.0740. The minimum atomic E-state index is 0.0740. The number of likely N-dealkylation sites (N-methyl/N-ethyl adjacent to an activating group) is 1. The first kappa shape index (κ1) is 20.8. The van der Waals surface area contributed by atoms with E-state index in [1.54, 1.807) is 4.90 Å². The molecule has 0 bridgehead atoms. The molecule has 2 aliphatic heterocycles. The molecule has 0 unspecified atom stereocenters. The lowest BCUT2D eigenvalue weighted by atomic mass is 10.2. The van der Waals surface area contributed by atoms with E-state index in [4.69, 9.17) is 0 Å². The molecule has 156 valence electrons. The standard InChI is InChI=1S/C20H34N6O2/c1-3-23-12-14-24(15-13-23)9-5-8-21-18(27)6-4-10-25-19-16-17(2)22-26(19)11-7-20(25)28/h16H,3-15H2,1-2H3,(H,21,27). The largest absolute Gasteiger partial charge is 0.356 e. The molecule has 3 rings (SSSR count). The molecule has 0 aliphatic carbocycles. The smallest absolute Gasteiger partial charge is 0.229 e. The van der Waals surface area contributed by atoms with Crippen molar-refractivity contribution in [1.82, 2.24) is 24.9 Å². The van der Waals surface area contributed by atoms with Crippen molar-refractivity contribution in [3.8, 4) is 0 Å². The van der Waals surface area contributed by atoms with E-state index < -0.39 is 0 Å². The summed E-state index contributed by atoms with van der Waals surface area (Å²) in [6, 6.07) is 1.94. The number of hydrogen-bond donors (Lipinski definition) is 1. The van der Waals surface area contributed by atoms with Crippen LogP contribution >= 0.6 is 0 Å². The van der Waals surface area contributed by atoms with Gasteiger partial charge in [0.1, 0.15) is 5.82 Å². The van der Waals surface area contributed by atoms with Gasteiger partial charge in [0.15, 0.2) is 0 Å². The fourth-order valence-electron chi connectivity index (χ4n) is 3.96. The summed E-state index contributed by atoms with van der Waals surface area (Å²) in [6.07, 6.45) is 2.58. The van der Waals surface area contributed by atoms with Crippen molar-refractivity contribution in [2.24, 2.45) is 0 Å². The summed E-state index contributed by atoms with van der Waals surface area (Å²) in [6.45, 7) is 12.8. The molecule has 2 amide bonds. The van der Waals surface area contributed by atoms with Crippen LogP contribution in [0.3, 0.4) is 0 Å². The van der Waals surface area contributed by atoms with Crippen molar-refractivity contribution in [3.63, 3.8) is 0 Å². The van der Waals surface area contributed by atoms with E-state index >= 15 is 0 Å². The highest BCUT2D eigenvalue weighted by Crippen LogP contribution is 2.22. The Morgan fingerprint density at radius 1 is 1.11 bits per heavy atom. The maximum absolute atomic E-state index is 12.2. The molecular weight excluding hydrogens is 356 g/mol. The number of nitrogens with zero attached hydrogens (tertiary/aromatic N) is 5. The second-order valence-electron chi connectivity index (χ2n) is 7.75. The fourth-order valence-corrected chi connectivity index (χ4v) is 3.96. The molecule has 28 heavy (non-hydrogen) atoms. The van der Waals surface area contributed by atoms with Crippen LogP contribution in [0, 0.1) is 6.92 Å². The summed E-state index contributed by atoms with van der Waals surface area (Å²) in [5.74, 6) is 1.05. The van der Waals surface area contributed by atoms with E-state index in [9.17, 15) is 9.59 Å². The van der Waals surface area contributed by atoms with E-state index in [0.29, 0.717) is 32.4 Å². The van der Waals surface area contributed by atoms with Crippen LogP contribution in [0.4, 0.5) is 5.82 Å². The summed E-state index contributed by atoms with van der Waals surface area (Å²) < 4.78 is 1.89. The molecule has 1 aromatic rings. The number of carbonyl (C=O) groups excluding carboxylic acids is 2. The molecule has 1 aromatic heterocycles. The zero-order valence-electron chi connectivity index (χ0n) is 17.3. The van der Waals surface area contributed by atoms with Crippen LogP contribution in [0.25, 0.3) is 0 Å². The molecule has 1 N–H and O–H groups in total. The Morgan fingerprint density at radius 3 is 2.61 bits per heavy atom. The van der Waals surface area contributed by atoms with Crippen molar-refractivity contribution in [2.75, 3.05) is 57.3 Å². The average molecular weight is 391 g/mol. The molecule has 2 aliphatic rings. The number of hydrogen-bond acceptors (Lipinski definition) is 5. The number of piperazine rings is 1. The Labute approximate surface area is 167 Å². The highest BCUT2D eigenvalue weighted by Gasteiger charge is 2.25. The van der Waals surface area contributed by atoms with Crippen LogP contribution in [-0.4, -0.2) is 83.8 Å². The van der Waals surface area contributed by atoms with Gasteiger partial charge >= 0.3 is 0 Å². The second kappa shape index (κ2) is 10.0. The third kappa shape index (κ3) is 5.54. The predicted molar refractivity (Wildman–Crippen MR) is 109 cm³/mol. The van der Waals surface area contributed by atoms with E-state index in [1.165, 1.54) is 0 Å². The number of aryl methyl sites for hydroxylation is 2. The first-order valence-electron chi connectivity index (χ1n) is 10.6. The van der Waals surface area contributed by atoms with Crippen LogP contribution in [0.5, 0.6) is 0 Å². The normalized spacial score (nSPS) is 18.4. The van der Waals surface area contributed by atoms with Crippen LogP contribution in [0.2, 0.25) is 0 Å². The van der Waals surface area contributed by atoms with E-state index in [1.807, 2.05) is 17.7 Å². The van der Waals surface area contributed by atoms with Gasteiger partial charge in [0.25, 0.3) is 0 Å². The Bertz CT molecular complexity index is 666. The fraction of sp³-hybridized carbons (Fsp3) is 0.750. The highest BCUT2D eigenvalue weighted by atomic mass is 16.2. The number of amides is 2. The van der Waals surface area contributed by atoms with Crippen LogP contribution in [0.15, 0.2) is 6.07 Å². The molecule has 0 spiro atoms. The summed E-state index contributed by atoms with van der Waals surface area (Å²) in [5, 5.41) is 7.43. The summed E-state index contributed by atoms with van der Waals surface area (Å²) in [5.41, 5.74) is 0.920. The lowest BCUT2D eigenvalue weighted by Crippen LogP contribution is -2.46. The van der Waals surface area contributed by atoms with Gasteiger partial charge in [0.05, 0.1) is 12.2 Å². The maximum atomic E-state index is 12.2. The van der Waals surface area contributed by atoms with Crippen LogP contribution in [0.1, 0.15) is 38.3 Å². The molecule has 0 atom stereocenters. The number of rotatable bonds is 9. The molecule has 1 fully saturated rings. The van der Waals surface area contributed by atoms with Gasteiger partial charge < -0.3 is 15.1 Å². The first-order valence-corrected chi connectivity index (χ1v) is 10.6. The molecular formula is C20H34N6O2. The predicted octanol–water partition coefficient (Wildman–Crippen LogP) is 0.852. The molecule has 8 nitrogen and oxygen atoms in total. The van der Waals surface area contributed by atoms with Gasteiger partial charge in [-0.25, -0.2) is 4.68 Å². The van der Waals surface area contributed by atoms with E-state index in [-0.39, 0.29) is 11.8 Å². The molecule has 3 heterocycles. The van der Waals surface area contributed by atoms with Gasteiger partial charge in [-0.3, -0.25) is 14.5 Å². The molecule has 1 saturated heterocycles. The quantitative estimate of drug-likeness (QED) is 0.633. The van der Waals surface area contributed by atoms with Crippen molar-refractivity contribution >= 4 is 17.6 Å². The van der Waals surface area contributed by atoms with Gasteiger partial charge in [0, 0.05) is 58.2 Å². The zero-order valence-corrected chi connectivity index (χ0v) is 17.3. The topological polar surface area (TPSA) is 73.7 Å². The monoisotopic (exact) mass is 390 g/mol. The number of fused-ring (bicyclic) bond motifs is 1. The SMILES string of the molecule is CCN1CCN(CCCNC(=O)CCCN2C(=O)CCn3nc(C)cc32)CC1. The third-order valence-corrected chi connectivity index (χ3v) is 5.67. The lowest BCUT2D eigenvalue weighted by molar-refractivity contribution is -0.122. The summed E-state index contributed by atoms with van der Waals surface area (Å²) in [4.78, 5) is 31.0. The third-order valence-electron chi connectivity index (χ3n) is 5.67. The highest BCUT2D eigenvalue weighted by molar-refractivity contribution is 5.93. The number of nitrogens with one attached hydrogen (secondary N) is 1. The molecule has 0 radical (unpaired) electrons. The van der Waals surface area contributed by atoms with Crippen molar-refractivity contribution < 1.29 is 9.59 Å². The molecule has 0 saturated carbocycles. The number of anilines is 1. The zero-order chi connectivity index (χ0) is 19.9. The maximum Gasteiger partial charge on any atom is 0.229 e. The Balaban J connectivity index is 1.29. The van der Waals surface area contributed by atoms with Gasteiger partial charge in [-0.1, -0.05) is 6.92 Å². The van der Waals surface area contributed by atoms with Crippen LogP contribution < -0.4 is 10.2 Å². The number of carbonyl (C=O) groups is 2. The first-order chi connectivity index (χ1) is 13.6. The van der Waals surface area contributed by atoms with Crippen molar-refractivity contribution in [2.45, 2.75) is 46.1 Å². The second-order valence-corrected chi connectivity index (χ2v) is 7.75. The molecule has 0 aromatic carbocycles. The summed E-state index contributed by atoms with van der Waals surface area (Å²) >= 11 is 0. The summed E-state index contributed by atoms with van der Waals surface area (Å²) in [7, 11) is 0. The van der Waals surface area contributed by atoms with Gasteiger partial charge in [0.2, 0.25) is 11.8 Å². The Kier molecular flexibility index (Phi) is 7.44. The van der Waals surface area contributed by atoms with Crippen molar-refractivity contribution in [1.29, 1.82) is 0 Å². The molecule has 8 heteroatoms. The minimum Gasteiger partial charge on any atom is -0.356 e. The van der Waals surface area contributed by atoms with Gasteiger partial charge in [-0.05, 0) is 32.9 Å². The van der Waals surface area contributed by atoms with Gasteiger partial charge in [-0.15, -0.1) is 0 Å². The van der Waals surface area contributed by atoms with Crippen molar-refractivity contribution in [3.05, 3.63) is 11.8 Å². The van der Waals surface area contributed by atoms with Gasteiger partial charge in [-0.2, -0.15) is 5.10 Å².